The van der Waals surface area contributed by atoms with E-state index < -0.39 is 20.4 Å². The molecule has 2 saturated heterocycles. The molecule has 2 heterocycles. The van der Waals surface area contributed by atoms with Crippen LogP contribution in [0.4, 0.5) is 0 Å². The molecule has 204 valence electrons. The largest absolute Gasteiger partial charge is 0.497 e. The molecule has 6 nitrogen and oxygen atoms in total. The molecule has 3 atom stereocenters. The van der Waals surface area contributed by atoms with Crippen molar-refractivity contribution in [3.05, 3.63) is 90.5 Å². The number of hydrogen-bond acceptors (Lipinski definition) is 4. The molecule has 7 heteroatoms. The van der Waals surface area contributed by atoms with Crippen LogP contribution in [0, 0.1) is 0 Å². The highest BCUT2D eigenvalue weighted by atomic mass is 28.4. The van der Waals surface area contributed by atoms with Crippen molar-refractivity contribution in [1.29, 1.82) is 0 Å². The number of fused-ring (bicyclic) bond motifs is 1. The van der Waals surface area contributed by atoms with E-state index in [0.717, 1.165) is 11.3 Å². The number of amides is 2. The summed E-state index contributed by atoms with van der Waals surface area (Å²) in [6.45, 7) is 7.29. The second-order valence-corrected chi connectivity index (χ2v) is 15.8. The Morgan fingerprint density at radius 3 is 2.03 bits per heavy atom. The first kappa shape index (κ1) is 27.2. The molecule has 0 spiro atoms. The van der Waals surface area contributed by atoms with E-state index in [1.807, 2.05) is 36.4 Å². The summed E-state index contributed by atoms with van der Waals surface area (Å²) in [5, 5.41) is 5.30. The van der Waals surface area contributed by atoms with Crippen LogP contribution in [0.5, 0.6) is 5.75 Å². The molecule has 2 amide bonds. The lowest BCUT2D eigenvalue weighted by Gasteiger charge is -2.49. The van der Waals surface area contributed by atoms with Crippen LogP contribution >= 0.6 is 0 Å². The maximum absolute atomic E-state index is 13.5. The molecule has 0 bridgehead atoms. The van der Waals surface area contributed by atoms with E-state index in [0.29, 0.717) is 25.8 Å². The Balaban J connectivity index is 1.38. The predicted molar refractivity (Wildman–Crippen MR) is 156 cm³/mol. The third kappa shape index (κ3) is 5.25. The molecule has 1 N–H and O–H groups in total. The van der Waals surface area contributed by atoms with Crippen molar-refractivity contribution in [1.82, 2.24) is 10.2 Å². The molecule has 0 radical (unpaired) electrons. The van der Waals surface area contributed by atoms with Crippen molar-refractivity contribution in [2.45, 2.75) is 63.3 Å². The second-order valence-electron chi connectivity index (χ2n) is 11.6. The van der Waals surface area contributed by atoms with Gasteiger partial charge in [0, 0.05) is 25.5 Å². The minimum absolute atomic E-state index is 0.0145. The summed E-state index contributed by atoms with van der Waals surface area (Å²) in [6.07, 6.45) is 1.53. The number of hydrogen-bond donors (Lipinski definition) is 1. The number of ether oxygens (including phenoxy) is 1. The van der Waals surface area contributed by atoms with Crippen molar-refractivity contribution in [3.63, 3.8) is 0 Å². The molecule has 5 rings (SSSR count). The van der Waals surface area contributed by atoms with Crippen molar-refractivity contribution >= 4 is 30.5 Å². The fourth-order valence-corrected chi connectivity index (χ4v) is 10.9. The van der Waals surface area contributed by atoms with Crippen molar-refractivity contribution in [2.24, 2.45) is 0 Å². The first-order chi connectivity index (χ1) is 18.7. The fourth-order valence-electron chi connectivity index (χ4n) is 6.16. The lowest BCUT2D eigenvalue weighted by Crippen LogP contribution is -2.70. The van der Waals surface area contributed by atoms with E-state index in [1.54, 1.807) is 12.0 Å². The summed E-state index contributed by atoms with van der Waals surface area (Å²) in [6, 6.07) is 27.7. The van der Waals surface area contributed by atoms with Gasteiger partial charge in [-0.15, -0.1) is 0 Å². The van der Waals surface area contributed by atoms with Gasteiger partial charge in [-0.05, 0) is 39.5 Å². The average molecular weight is 543 g/mol. The highest BCUT2D eigenvalue weighted by molar-refractivity contribution is 6.99. The van der Waals surface area contributed by atoms with Gasteiger partial charge >= 0.3 is 0 Å². The maximum atomic E-state index is 13.5. The molecule has 39 heavy (non-hydrogen) atoms. The molecule has 2 aliphatic heterocycles. The number of rotatable bonds is 7. The van der Waals surface area contributed by atoms with E-state index in [-0.39, 0.29) is 23.0 Å². The van der Waals surface area contributed by atoms with Crippen LogP contribution in [0.3, 0.4) is 0 Å². The lowest BCUT2D eigenvalue weighted by atomic mass is 9.93. The van der Waals surface area contributed by atoms with E-state index in [2.05, 4.69) is 74.6 Å². The second kappa shape index (κ2) is 11.0. The fraction of sp³-hybridized carbons (Fsp3) is 0.375. The van der Waals surface area contributed by atoms with E-state index >= 15 is 0 Å². The highest BCUT2D eigenvalue weighted by Crippen LogP contribution is 2.39. The number of benzene rings is 3. The third-order valence-corrected chi connectivity index (χ3v) is 13.2. The van der Waals surface area contributed by atoms with Crippen LogP contribution in [0.25, 0.3) is 0 Å². The minimum Gasteiger partial charge on any atom is -0.497 e. The zero-order valence-electron chi connectivity index (χ0n) is 23.2. The first-order valence-corrected chi connectivity index (χ1v) is 15.7. The number of piperazine rings is 1. The average Bonchev–Trinajstić information content (AvgIpc) is 2.95. The van der Waals surface area contributed by atoms with E-state index in [9.17, 15) is 9.59 Å². The van der Waals surface area contributed by atoms with Gasteiger partial charge in [-0.25, -0.2) is 0 Å². The van der Waals surface area contributed by atoms with E-state index in [4.69, 9.17) is 9.16 Å². The van der Waals surface area contributed by atoms with Crippen LogP contribution in [0.15, 0.2) is 84.9 Å². The Kier molecular flexibility index (Phi) is 7.65. The lowest BCUT2D eigenvalue weighted by molar-refractivity contribution is -0.153. The number of piperidine rings is 1. The topological polar surface area (TPSA) is 67.9 Å². The van der Waals surface area contributed by atoms with Crippen LogP contribution in [-0.4, -0.2) is 56.9 Å². The standard InChI is InChI=1S/C32H38N2O4Si/c1-32(2,3)39(26-11-7-5-8-12-26,27-13-9-6-10-14-27)38-25-19-20-34-29(22-25)30(35)33-28(31(34)36)21-23-15-17-24(37-4)18-16-23/h5-18,25,28-29H,19-22H2,1-4H3,(H,33,35)/t25-,28-,29+/m0/s1. The Hall–Kier alpha value is -3.42. The predicted octanol–water partition coefficient (Wildman–Crippen LogP) is 3.67. The third-order valence-electron chi connectivity index (χ3n) is 8.11. The van der Waals surface area contributed by atoms with E-state index in [1.165, 1.54) is 10.4 Å². The summed E-state index contributed by atoms with van der Waals surface area (Å²) in [5.74, 6) is 0.656. The molecule has 2 fully saturated rings. The summed E-state index contributed by atoms with van der Waals surface area (Å²) in [7, 11) is -1.12. The number of carbonyl (C=O) groups excluding carboxylic acids is 2. The quantitative estimate of drug-likeness (QED) is 0.463. The molecule has 0 unspecified atom stereocenters. The normalized spacial score (nSPS) is 21.7. The molecular formula is C32H38N2O4Si. The molecule has 2 aliphatic rings. The summed E-state index contributed by atoms with van der Waals surface area (Å²) in [4.78, 5) is 28.6. The van der Waals surface area contributed by atoms with Gasteiger partial charge in [0.2, 0.25) is 11.8 Å². The van der Waals surface area contributed by atoms with Crippen molar-refractivity contribution in [2.75, 3.05) is 13.7 Å². The number of methoxy groups -OCH3 is 1. The number of nitrogens with one attached hydrogen (secondary N) is 1. The van der Waals surface area contributed by atoms with Crippen molar-refractivity contribution < 1.29 is 18.8 Å². The SMILES string of the molecule is COc1ccc(C[C@@H]2NC(=O)[C@H]3C[C@@H](O[Si](c4ccccc4)(c4ccccc4)C(C)(C)C)CCN3C2=O)cc1. The van der Waals surface area contributed by atoms with Crippen LogP contribution < -0.4 is 20.4 Å². The minimum atomic E-state index is -2.75. The Morgan fingerprint density at radius 1 is 0.897 bits per heavy atom. The molecule has 0 aliphatic carbocycles. The van der Waals surface area contributed by atoms with Gasteiger partial charge in [0.1, 0.15) is 17.8 Å². The van der Waals surface area contributed by atoms with Gasteiger partial charge in [0.25, 0.3) is 8.32 Å². The van der Waals surface area contributed by atoms with Crippen molar-refractivity contribution in [3.8, 4) is 5.75 Å². The summed E-state index contributed by atoms with van der Waals surface area (Å²) >= 11 is 0. The van der Waals surface area contributed by atoms with Gasteiger partial charge in [0.05, 0.1) is 7.11 Å². The highest BCUT2D eigenvalue weighted by Gasteiger charge is 2.53. The number of nitrogens with zero attached hydrogens (tertiary/aromatic N) is 1. The van der Waals surface area contributed by atoms with Crippen LogP contribution in [-0.2, 0) is 20.4 Å². The Morgan fingerprint density at radius 2 is 1.49 bits per heavy atom. The van der Waals surface area contributed by atoms with Gasteiger partial charge in [-0.1, -0.05) is 93.6 Å². The first-order valence-electron chi connectivity index (χ1n) is 13.8. The Labute approximate surface area is 232 Å². The van der Waals surface area contributed by atoms with Crippen LogP contribution in [0.1, 0.15) is 39.2 Å². The molecule has 3 aromatic rings. The zero-order valence-corrected chi connectivity index (χ0v) is 24.2. The van der Waals surface area contributed by atoms with Gasteiger partial charge in [-0.2, -0.15) is 0 Å². The summed E-state index contributed by atoms with van der Waals surface area (Å²) in [5.41, 5.74) is 0.984. The maximum Gasteiger partial charge on any atom is 0.261 e. The Bertz CT molecular complexity index is 1250. The van der Waals surface area contributed by atoms with Crippen LogP contribution in [0.2, 0.25) is 5.04 Å². The molecule has 3 aromatic carbocycles. The van der Waals surface area contributed by atoms with Gasteiger partial charge in [-0.3, -0.25) is 9.59 Å². The molecule has 0 saturated carbocycles. The molecule has 0 aromatic heterocycles. The monoisotopic (exact) mass is 542 g/mol. The van der Waals surface area contributed by atoms with Gasteiger partial charge < -0.3 is 19.4 Å². The number of carbonyl (C=O) groups is 2. The summed E-state index contributed by atoms with van der Waals surface area (Å²) < 4.78 is 12.5. The molecular weight excluding hydrogens is 504 g/mol. The zero-order chi connectivity index (χ0) is 27.6. The van der Waals surface area contributed by atoms with Gasteiger partial charge in [0.15, 0.2) is 0 Å². The smallest absolute Gasteiger partial charge is 0.261 e.